The van der Waals surface area contributed by atoms with Crippen molar-refractivity contribution in [1.82, 2.24) is 0 Å². The third kappa shape index (κ3) is 4.14. The summed E-state index contributed by atoms with van der Waals surface area (Å²) < 4.78 is 10.6. The number of carboxylic acid groups (broad SMARTS) is 1. The molecule has 3 rings (SSSR count). The van der Waals surface area contributed by atoms with Crippen LogP contribution in [-0.4, -0.2) is 28.6 Å². The molecule has 1 aromatic heterocycles. The van der Waals surface area contributed by atoms with Gasteiger partial charge in [-0.3, -0.25) is 4.79 Å². The lowest BCUT2D eigenvalue weighted by Gasteiger charge is -2.08. The molecular weight excluding hydrogens is 352 g/mol. The molecule has 0 radical (unpaired) electrons. The van der Waals surface area contributed by atoms with Crippen LogP contribution in [0.25, 0.3) is 11.0 Å². The molecule has 0 aliphatic heterocycles. The molecule has 0 bridgehead atoms. The number of carboxylic acids is 1. The second kappa shape index (κ2) is 7.33. The van der Waals surface area contributed by atoms with Crippen LogP contribution < -0.4 is 10.4 Å². The van der Waals surface area contributed by atoms with E-state index in [1.807, 2.05) is 0 Å². The predicted molar refractivity (Wildman–Crippen MR) is 96.5 cm³/mol. The Morgan fingerprint density at radius 1 is 1.11 bits per heavy atom. The van der Waals surface area contributed by atoms with Crippen LogP contribution in [0.4, 0.5) is 0 Å². The first-order valence-electron chi connectivity index (χ1n) is 8.07. The van der Waals surface area contributed by atoms with Crippen LogP contribution in [0.2, 0.25) is 0 Å². The average molecular weight is 368 g/mol. The quantitative estimate of drug-likeness (QED) is 0.643. The molecule has 0 spiro atoms. The van der Waals surface area contributed by atoms with Gasteiger partial charge in [-0.15, -0.1) is 0 Å². The maximum Gasteiger partial charge on any atom is 0.339 e. The number of Topliss-reactive ketones (excluding diaryl/α,β-unsaturated/α-hetero) is 1. The highest BCUT2D eigenvalue weighted by molar-refractivity contribution is 5.91. The van der Waals surface area contributed by atoms with Crippen LogP contribution in [0, 0.1) is 6.92 Å². The highest BCUT2D eigenvalue weighted by atomic mass is 16.5. The molecule has 0 saturated heterocycles. The van der Waals surface area contributed by atoms with Crippen molar-refractivity contribution in [2.24, 2.45) is 0 Å². The van der Waals surface area contributed by atoms with E-state index in [9.17, 15) is 19.5 Å². The number of ketones is 1. The number of ether oxygens (including phenoxy) is 1. The third-order valence-electron chi connectivity index (χ3n) is 4.02. The van der Waals surface area contributed by atoms with Gasteiger partial charge >= 0.3 is 11.6 Å². The van der Waals surface area contributed by atoms with Crippen molar-refractivity contribution >= 4 is 22.7 Å². The van der Waals surface area contributed by atoms with Gasteiger partial charge in [0.25, 0.3) is 0 Å². The lowest BCUT2D eigenvalue weighted by atomic mass is 10.1. The molecule has 2 aromatic carbocycles. The number of fused-ring (bicyclic) bond motifs is 1. The molecule has 0 aliphatic carbocycles. The lowest BCUT2D eigenvalue weighted by molar-refractivity contribution is -0.120. The number of hydrogen-bond donors (Lipinski definition) is 2. The summed E-state index contributed by atoms with van der Waals surface area (Å²) in [5.74, 6) is -1.53. The highest BCUT2D eigenvalue weighted by Crippen LogP contribution is 2.22. The summed E-state index contributed by atoms with van der Waals surface area (Å²) in [5, 5.41) is 19.3. The van der Waals surface area contributed by atoms with Crippen LogP contribution in [0.15, 0.2) is 51.7 Å². The Bertz CT molecular complexity index is 1100. The maximum absolute atomic E-state index is 12.1. The zero-order valence-electron chi connectivity index (χ0n) is 14.4. The zero-order chi connectivity index (χ0) is 19.6. The number of hydrogen-bond acceptors (Lipinski definition) is 6. The molecule has 2 N–H and O–H groups in total. The second-order valence-electron chi connectivity index (χ2n) is 6.07. The van der Waals surface area contributed by atoms with Gasteiger partial charge in [0.1, 0.15) is 29.3 Å². The first-order valence-corrected chi connectivity index (χ1v) is 8.07. The average Bonchev–Trinajstić information content (AvgIpc) is 2.61. The largest absolute Gasteiger partial charge is 0.507 e. The number of phenols is 1. The van der Waals surface area contributed by atoms with Gasteiger partial charge in [0.2, 0.25) is 0 Å². The Labute approximate surface area is 153 Å². The Morgan fingerprint density at radius 2 is 1.89 bits per heavy atom. The molecule has 0 atom stereocenters. The van der Waals surface area contributed by atoms with E-state index in [4.69, 9.17) is 14.3 Å². The van der Waals surface area contributed by atoms with E-state index in [2.05, 4.69) is 0 Å². The molecule has 0 aliphatic rings. The topological polar surface area (TPSA) is 114 Å². The molecule has 3 aromatic rings. The number of rotatable bonds is 6. The van der Waals surface area contributed by atoms with Crippen LogP contribution >= 0.6 is 0 Å². The summed E-state index contributed by atoms with van der Waals surface area (Å²) in [5.41, 5.74) is 0.884. The number of aromatic carboxylic acids is 1. The Morgan fingerprint density at radius 3 is 2.63 bits per heavy atom. The van der Waals surface area contributed by atoms with Gasteiger partial charge in [-0.05, 0) is 42.3 Å². The molecule has 0 unspecified atom stereocenters. The van der Waals surface area contributed by atoms with E-state index in [-0.39, 0.29) is 30.1 Å². The van der Waals surface area contributed by atoms with Crippen molar-refractivity contribution in [1.29, 1.82) is 0 Å². The van der Waals surface area contributed by atoms with Crippen molar-refractivity contribution in [2.75, 3.05) is 6.61 Å². The summed E-state index contributed by atoms with van der Waals surface area (Å²) >= 11 is 0. The van der Waals surface area contributed by atoms with Crippen molar-refractivity contribution < 1.29 is 29.0 Å². The minimum absolute atomic E-state index is 0.0394. The van der Waals surface area contributed by atoms with Gasteiger partial charge in [-0.2, -0.15) is 0 Å². The van der Waals surface area contributed by atoms with Crippen molar-refractivity contribution in [3.8, 4) is 11.5 Å². The van der Waals surface area contributed by atoms with Crippen molar-refractivity contribution in [3.63, 3.8) is 0 Å². The number of aryl methyl sites for hydroxylation is 1. The Hall–Kier alpha value is -3.61. The third-order valence-corrected chi connectivity index (χ3v) is 4.02. The lowest BCUT2D eigenvalue weighted by Crippen LogP contribution is -2.14. The van der Waals surface area contributed by atoms with Crippen LogP contribution in [0.1, 0.15) is 21.5 Å². The number of carbonyl (C=O) groups is 2. The summed E-state index contributed by atoms with van der Waals surface area (Å²) in [6, 6.07) is 10.3. The van der Waals surface area contributed by atoms with E-state index in [0.29, 0.717) is 16.9 Å². The van der Waals surface area contributed by atoms with E-state index in [1.54, 1.807) is 25.1 Å². The fourth-order valence-electron chi connectivity index (χ4n) is 2.70. The fraction of sp³-hybridized carbons (Fsp3) is 0.150. The van der Waals surface area contributed by atoms with Crippen molar-refractivity contribution in [3.05, 3.63) is 69.6 Å². The van der Waals surface area contributed by atoms with E-state index in [1.165, 1.54) is 24.3 Å². The van der Waals surface area contributed by atoms with Crippen molar-refractivity contribution in [2.45, 2.75) is 13.3 Å². The SMILES string of the molecule is Cc1cc(=O)oc2cc(OCC(=O)Cc3ccc(O)c(C(=O)O)c3)ccc12. The molecule has 7 heteroatoms. The summed E-state index contributed by atoms with van der Waals surface area (Å²) in [6.07, 6.45) is -0.0394. The molecule has 1 heterocycles. The number of benzene rings is 2. The first-order chi connectivity index (χ1) is 12.8. The van der Waals surface area contributed by atoms with Gasteiger partial charge in [-0.1, -0.05) is 6.07 Å². The number of aromatic hydroxyl groups is 1. The molecule has 138 valence electrons. The van der Waals surface area contributed by atoms with Gasteiger partial charge in [-0.25, -0.2) is 9.59 Å². The summed E-state index contributed by atoms with van der Waals surface area (Å²) in [7, 11) is 0. The first kappa shape index (κ1) is 18.2. The van der Waals surface area contributed by atoms with Crippen LogP contribution in [0.5, 0.6) is 11.5 Å². The number of carbonyl (C=O) groups excluding carboxylic acids is 1. The Balaban J connectivity index is 1.69. The minimum Gasteiger partial charge on any atom is -0.507 e. The van der Waals surface area contributed by atoms with Gasteiger partial charge < -0.3 is 19.4 Å². The molecule has 0 saturated carbocycles. The molecule has 7 nitrogen and oxygen atoms in total. The van der Waals surface area contributed by atoms with Crippen LogP contribution in [0.3, 0.4) is 0 Å². The molecule has 0 fully saturated rings. The minimum atomic E-state index is -1.27. The monoisotopic (exact) mass is 368 g/mol. The summed E-state index contributed by atoms with van der Waals surface area (Å²) in [4.78, 5) is 34.6. The normalized spacial score (nSPS) is 10.7. The van der Waals surface area contributed by atoms with E-state index < -0.39 is 11.6 Å². The van der Waals surface area contributed by atoms with E-state index >= 15 is 0 Å². The summed E-state index contributed by atoms with van der Waals surface area (Å²) in [6.45, 7) is 1.57. The van der Waals surface area contributed by atoms with Gasteiger partial charge in [0, 0.05) is 23.9 Å². The van der Waals surface area contributed by atoms with Crippen LogP contribution in [-0.2, 0) is 11.2 Å². The standard InChI is InChI=1S/C20H16O7/c1-11-6-19(23)27-18-9-14(3-4-15(11)18)26-10-13(21)7-12-2-5-17(22)16(8-12)20(24)25/h2-6,8-9,22H,7,10H2,1H3,(H,24,25). The van der Waals surface area contributed by atoms with E-state index in [0.717, 1.165) is 10.9 Å². The molecular formula is C20H16O7. The highest BCUT2D eigenvalue weighted by Gasteiger charge is 2.13. The maximum atomic E-state index is 12.1. The van der Waals surface area contributed by atoms with Gasteiger partial charge in [0.15, 0.2) is 5.78 Å². The Kier molecular flexibility index (Phi) is 4.94. The molecule has 27 heavy (non-hydrogen) atoms. The molecule has 0 amide bonds. The smallest absolute Gasteiger partial charge is 0.339 e. The predicted octanol–water partition coefficient (Wildman–Crippen LogP) is 2.70. The van der Waals surface area contributed by atoms with Gasteiger partial charge in [0.05, 0.1) is 0 Å². The fourth-order valence-corrected chi connectivity index (χ4v) is 2.70. The zero-order valence-corrected chi connectivity index (χ0v) is 14.4. The second-order valence-corrected chi connectivity index (χ2v) is 6.07.